The van der Waals surface area contributed by atoms with E-state index in [-0.39, 0.29) is 22.0 Å². The van der Waals surface area contributed by atoms with Crippen LogP contribution in [0.1, 0.15) is 19.4 Å². The molecule has 174 valence electrons. The summed E-state index contributed by atoms with van der Waals surface area (Å²) in [6.07, 6.45) is 1.97. The van der Waals surface area contributed by atoms with E-state index in [2.05, 4.69) is 9.97 Å². The lowest BCUT2D eigenvalue weighted by Gasteiger charge is -2.14. The number of hydrogen-bond donors (Lipinski definition) is 0. The minimum atomic E-state index is -0.826. The number of aromatic nitrogens is 2. The van der Waals surface area contributed by atoms with Crippen LogP contribution < -0.4 is 4.74 Å². The number of ether oxygens (including phenoxy) is 2. The summed E-state index contributed by atoms with van der Waals surface area (Å²) in [7, 11) is 0. The van der Waals surface area contributed by atoms with Crippen LogP contribution >= 0.6 is 23.4 Å². The average Bonchev–Trinajstić information content (AvgIpc) is 3.04. The van der Waals surface area contributed by atoms with Gasteiger partial charge in [-0.2, -0.15) is 9.37 Å². The van der Waals surface area contributed by atoms with E-state index in [0.29, 0.717) is 22.7 Å². The highest BCUT2D eigenvalue weighted by molar-refractivity contribution is 8.18. The predicted molar refractivity (Wildman–Crippen MR) is 125 cm³/mol. The Hall–Kier alpha value is -3.50. The number of benzene rings is 2. The molecule has 2 aromatic carbocycles. The van der Waals surface area contributed by atoms with E-state index in [9.17, 15) is 18.8 Å². The number of carbonyl (C=O) groups excluding carboxylic acids is 3. The second kappa shape index (κ2) is 9.78. The summed E-state index contributed by atoms with van der Waals surface area (Å²) in [5.41, 5.74) is 0.419. The Morgan fingerprint density at radius 3 is 2.76 bits per heavy atom. The zero-order chi connectivity index (χ0) is 24.4. The average molecular weight is 502 g/mol. The normalized spacial score (nSPS) is 15.0. The molecular weight excluding hydrogens is 485 g/mol. The van der Waals surface area contributed by atoms with Crippen molar-refractivity contribution in [1.82, 2.24) is 14.9 Å². The summed E-state index contributed by atoms with van der Waals surface area (Å²) in [5.74, 6) is -2.38. The molecule has 1 fully saturated rings. The first-order chi connectivity index (χ1) is 16.2. The van der Waals surface area contributed by atoms with Gasteiger partial charge in [-0.25, -0.2) is 4.98 Å². The van der Waals surface area contributed by atoms with Crippen LogP contribution in [0, 0.1) is 5.82 Å². The van der Waals surface area contributed by atoms with E-state index in [0.717, 1.165) is 16.5 Å². The van der Waals surface area contributed by atoms with Crippen LogP contribution in [0.25, 0.3) is 16.8 Å². The van der Waals surface area contributed by atoms with Crippen molar-refractivity contribution >= 4 is 57.3 Å². The summed E-state index contributed by atoms with van der Waals surface area (Å²) in [6, 6.07) is 10.6. The van der Waals surface area contributed by atoms with Gasteiger partial charge >= 0.3 is 5.97 Å². The van der Waals surface area contributed by atoms with Crippen LogP contribution in [0.2, 0.25) is 5.28 Å². The molecule has 1 aliphatic heterocycles. The first-order valence-corrected chi connectivity index (χ1v) is 11.2. The summed E-state index contributed by atoms with van der Waals surface area (Å²) < 4.78 is 24.9. The molecule has 0 unspecified atom stereocenters. The number of esters is 1. The largest absolute Gasteiger partial charge is 0.462 e. The third-order valence-corrected chi connectivity index (χ3v) is 5.71. The highest BCUT2D eigenvalue weighted by Gasteiger charge is 2.37. The predicted octanol–water partition coefficient (Wildman–Crippen LogP) is 5.20. The Kier molecular flexibility index (Phi) is 6.80. The molecule has 3 aromatic rings. The molecule has 0 saturated carbocycles. The van der Waals surface area contributed by atoms with Crippen molar-refractivity contribution in [3.63, 3.8) is 0 Å². The van der Waals surface area contributed by atoms with Crippen molar-refractivity contribution in [2.24, 2.45) is 0 Å². The maximum absolute atomic E-state index is 14.2. The van der Waals surface area contributed by atoms with Gasteiger partial charge in [0.1, 0.15) is 12.3 Å². The zero-order valence-electron chi connectivity index (χ0n) is 18.0. The summed E-state index contributed by atoms with van der Waals surface area (Å²) in [5, 5.41) is 0.704. The molecule has 1 aromatic heterocycles. The number of rotatable bonds is 6. The van der Waals surface area contributed by atoms with Crippen LogP contribution in [0.15, 0.2) is 47.5 Å². The van der Waals surface area contributed by atoms with Gasteiger partial charge < -0.3 is 9.47 Å². The number of carbonyl (C=O) groups is 3. The summed E-state index contributed by atoms with van der Waals surface area (Å²) in [6.45, 7) is 2.84. The van der Waals surface area contributed by atoms with Gasteiger partial charge in [0.15, 0.2) is 0 Å². The fourth-order valence-electron chi connectivity index (χ4n) is 3.22. The molecule has 0 aliphatic carbocycles. The third kappa shape index (κ3) is 5.02. The zero-order valence-corrected chi connectivity index (χ0v) is 19.5. The van der Waals surface area contributed by atoms with Crippen molar-refractivity contribution in [1.29, 1.82) is 0 Å². The monoisotopic (exact) mass is 501 g/mol. The molecule has 1 saturated heterocycles. The quantitative estimate of drug-likeness (QED) is 0.258. The van der Waals surface area contributed by atoms with Gasteiger partial charge in [-0.05, 0) is 60.1 Å². The lowest BCUT2D eigenvalue weighted by molar-refractivity contribution is -0.149. The fraction of sp³-hybridized carbons (Fsp3) is 0.174. The van der Waals surface area contributed by atoms with Crippen LogP contribution in [0.3, 0.4) is 0 Å². The van der Waals surface area contributed by atoms with Crippen LogP contribution in [-0.2, 0) is 14.3 Å². The summed E-state index contributed by atoms with van der Waals surface area (Å²) in [4.78, 5) is 45.6. The van der Waals surface area contributed by atoms with Gasteiger partial charge in [0.05, 0.1) is 17.2 Å². The number of fused-ring (bicyclic) bond motifs is 1. The maximum atomic E-state index is 14.2. The Morgan fingerprint density at radius 2 is 2.00 bits per heavy atom. The van der Waals surface area contributed by atoms with Crippen molar-refractivity contribution in [3.8, 4) is 11.6 Å². The van der Waals surface area contributed by atoms with Crippen molar-refractivity contribution in [3.05, 3.63) is 64.2 Å². The minimum absolute atomic E-state index is 0.0738. The number of imide groups is 1. The molecular formula is C23H17ClFN3O5S. The Bertz CT molecular complexity index is 1350. The first-order valence-electron chi connectivity index (χ1n) is 10.1. The molecule has 0 spiro atoms. The van der Waals surface area contributed by atoms with Gasteiger partial charge in [-0.15, -0.1) is 0 Å². The fourth-order valence-corrected chi connectivity index (χ4v) is 4.16. The topological polar surface area (TPSA) is 98.7 Å². The molecule has 4 rings (SSSR count). The highest BCUT2D eigenvalue weighted by Crippen LogP contribution is 2.38. The van der Waals surface area contributed by atoms with E-state index < -0.39 is 35.4 Å². The van der Waals surface area contributed by atoms with Gasteiger partial charge in [0, 0.05) is 5.56 Å². The lowest BCUT2D eigenvalue weighted by atomic mass is 10.0. The highest BCUT2D eigenvalue weighted by atomic mass is 35.5. The van der Waals surface area contributed by atoms with Crippen LogP contribution in [-0.4, -0.2) is 44.6 Å². The SMILES string of the molecule is CC(C)OC(=O)CN1C(=O)S/C(=C/c2c(Oc3nc(Cl)ncc3F)ccc3ccccc23)C1=O. The second-order valence-corrected chi connectivity index (χ2v) is 8.73. The van der Waals surface area contributed by atoms with Gasteiger partial charge in [0.25, 0.3) is 17.0 Å². The Balaban J connectivity index is 1.74. The van der Waals surface area contributed by atoms with Crippen molar-refractivity contribution < 1.29 is 28.2 Å². The number of amides is 2. The number of hydrogen-bond acceptors (Lipinski definition) is 8. The van der Waals surface area contributed by atoms with E-state index in [1.54, 1.807) is 38.1 Å². The molecule has 2 amide bonds. The van der Waals surface area contributed by atoms with Gasteiger partial charge in [-0.3, -0.25) is 19.3 Å². The number of thioether (sulfide) groups is 1. The Morgan fingerprint density at radius 1 is 1.24 bits per heavy atom. The van der Waals surface area contributed by atoms with E-state index in [1.807, 2.05) is 12.1 Å². The molecule has 0 N–H and O–H groups in total. The molecule has 0 bridgehead atoms. The molecule has 0 atom stereocenters. The van der Waals surface area contributed by atoms with E-state index in [1.165, 1.54) is 6.08 Å². The summed E-state index contributed by atoms with van der Waals surface area (Å²) >= 11 is 6.45. The second-order valence-electron chi connectivity index (χ2n) is 7.40. The molecule has 0 radical (unpaired) electrons. The third-order valence-electron chi connectivity index (χ3n) is 4.62. The molecule has 11 heteroatoms. The van der Waals surface area contributed by atoms with Gasteiger partial charge in [-0.1, -0.05) is 30.3 Å². The standard InChI is InChI=1S/C23H17ClFN3O5S/c1-12(2)32-19(29)11-28-21(30)18(34-23(28)31)9-15-14-6-4-3-5-13(14)7-8-17(15)33-20-16(25)10-26-22(24)27-20/h3-10,12H,11H2,1-2H3/b18-9+. The van der Waals surface area contributed by atoms with Crippen molar-refractivity contribution in [2.75, 3.05) is 6.54 Å². The number of halogens is 2. The lowest BCUT2D eigenvalue weighted by Crippen LogP contribution is -2.35. The van der Waals surface area contributed by atoms with E-state index >= 15 is 0 Å². The smallest absolute Gasteiger partial charge is 0.326 e. The number of nitrogens with zero attached hydrogens (tertiary/aromatic N) is 3. The van der Waals surface area contributed by atoms with Crippen LogP contribution in [0.5, 0.6) is 11.6 Å². The Labute approximate surface area is 202 Å². The molecule has 1 aliphatic rings. The first kappa shape index (κ1) is 23.7. The minimum Gasteiger partial charge on any atom is -0.462 e. The van der Waals surface area contributed by atoms with Crippen molar-refractivity contribution in [2.45, 2.75) is 20.0 Å². The van der Waals surface area contributed by atoms with Gasteiger partial charge in [0.2, 0.25) is 11.1 Å². The van der Waals surface area contributed by atoms with Crippen LogP contribution in [0.4, 0.5) is 9.18 Å². The molecule has 8 nitrogen and oxygen atoms in total. The molecule has 34 heavy (non-hydrogen) atoms. The molecule has 2 heterocycles. The van der Waals surface area contributed by atoms with E-state index in [4.69, 9.17) is 21.1 Å². The maximum Gasteiger partial charge on any atom is 0.326 e.